The Bertz CT molecular complexity index is 728. The number of hydrogen-bond donors (Lipinski definition) is 5. The van der Waals surface area contributed by atoms with E-state index in [-0.39, 0.29) is 30.1 Å². The predicted molar refractivity (Wildman–Crippen MR) is 117 cm³/mol. The number of anilines is 1. The van der Waals surface area contributed by atoms with Crippen LogP contribution in [0.5, 0.6) is 0 Å². The number of benzene rings is 1. The van der Waals surface area contributed by atoms with Gasteiger partial charge in [0.15, 0.2) is 0 Å². The zero-order chi connectivity index (χ0) is 23.4. The highest BCUT2D eigenvalue weighted by molar-refractivity contribution is 5.93. The van der Waals surface area contributed by atoms with E-state index >= 15 is 0 Å². The lowest BCUT2D eigenvalue weighted by Gasteiger charge is -2.31. The Morgan fingerprint density at radius 3 is 2.42 bits per heavy atom. The van der Waals surface area contributed by atoms with Crippen LogP contribution in [0.2, 0.25) is 0 Å². The number of hydrogen-bond acceptors (Lipinski definition) is 6. The first-order valence-electron chi connectivity index (χ1n) is 10.3. The highest BCUT2D eigenvalue weighted by Crippen LogP contribution is 2.20. The van der Waals surface area contributed by atoms with Crippen molar-refractivity contribution in [1.29, 1.82) is 0 Å². The van der Waals surface area contributed by atoms with Gasteiger partial charge in [0.05, 0.1) is 11.7 Å². The lowest BCUT2D eigenvalue weighted by molar-refractivity contribution is -0.142. The van der Waals surface area contributed by atoms with E-state index in [1.807, 2.05) is 51.1 Å². The highest BCUT2D eigenvalue weighted by atomic mass is 16.3. The lowest BCUT2D eigenvalue weighted by atomic mass is 10.0. The fraction of sp³-hybridized carbons (Fsp3) is 0.524. The largest absolute Gasteiger partial charge is 0.483 e. The molecule has 0 spiro atoms. The van der Waals surface area contributed by atoms with Gasteiger partial charge in [-0.2, -0.15) is 0 Å². The molecule has 0 bridgehead atoms. The van der Waals surface area contributed by atoms with Crippen LogP contribution in [0.15, 0.2) is 30.3 Å². The van der Waals surface area contributed by atoms with Crippen LogP contribution < -0.4 is 21.9 Å². The summed E-state index contributed by atoms with van der Waals surface area (Å²) in [5.74, 6) is -0.981. The third-order valence-electron chi connectivity index (χ3n) is 4.95. The number of carbonyl (C=O) groups excluding carboxylic acids is 3. The molecule has 1 saturated heterocycles. The number of nitrogens with two attached hydrogens (primary N) is 1. The van der Waals surface area contributed by atoms with Crippen molar-refractivity contribution < 1.29 is 24.3 Å². The number of hydrazine groups is 1. The molecular weight excluding hydrogens is 402 g/mol. The average Bonchev–Trinajstić information content (AvgIpc) is 3.25. The van der Waals surface area contributed by atoms with Crippen molar-refractivity contribution in [3.8, 4) is 0 Å². The van der Waals surface area contributed by atoms with E-state index in [4.69, 9.17) is 15.6 Å². The Balaban J connectivity index is 0.00000151. The molecule has 3 atom stereocenters. The van der Waals surface area contributed by atoms with Gasteiger partial charge in [0.2, 0.25) is 11.8 Å². The third kappa shape index (κ3) is 7.89. The van der Waals surface area contributed by atoms with Crippen LogP contribution in [0, 0.1) is 5.92 Å². The number of carbonyl (C=O) groups is 4. The molecule has 0 aromatic heterocycles. The number of carboxylic acid groups (broad SMARTS) is 1. The Kier molecular flexibility index (Phi) is 11.0. The fourth-order valence-corrected chi connectivity index (χ4v) is 3.18. The maximum Gasteiger partial charge on any atom is 0.290 e. The van der Waals surface area contributed by atoms with Crippen LogP contribution in [-0.2, 0) is 19.2 Å². The molecule has 172 valence electrons. The number of nitrogens with one attached hydrogen (secondary N) is 3. The van der Waals surface area contributed by atoms with E-state index < -0.39 is 18.1 Å². The summed E-state index contributed by atoms with van der Waals surface area (Å²) in [6.07, 6.45) is 1.81. The normalized spacial score (nSPS) is 17.1. The molecule has 3 amide bonds. The van der Waals surface area contributed by atoms with E-state index in [1.54, 1.807) is 4.90 Å². The number of likely N-dealkylation sites (tertiary alicyclic amines) is 1. The minimum atomic E-state index is -0.708. The molecule has 1 aliphatic rings. The molecule has 0 aliphatic carbocycles. The number of nitrogens with zero attached hydrogens (tertiary/aromatic N) is 1. The lowest BCUT2D eigenvalue weighted by Crippen LogP contribution is -2.57. The minimum Gasteiger partial charge on any atom is -0.483 e. The van der Waals surface area contributed by atoms with E-state index in [0.29, 0.717) is 19.4 Å². The monoisotopic (exact) mass is 435 g/mol. The average molecular weight is 436 g/mol. The van der Waals surface area contributed by atoms with Crippen molar-refractivity contribution in [1.82, 2.24) is 15.6 Å². The molecule has 1 aromatic carbocycles. The van der Waals surface area contributed by atoms with Crippen molar-refractivity contribution in [2.24, 2.45) is 11.7 Å². The predicted octanol–water partition coefficient (Wildman–Crippen LogP) is 0.700. The fourth-order valence-electron chi connectivity index (χ4n) is 3.18. The van der Waals surface area contributed by atoms with Crippen LogP contribution >= 0.6 is 0 Å². The molecule has 0 unspecified atom stereocenters. The Morgan fingerprint density at radius 1 is 1.26 bits per heavy atom. The zero-order valence-electron chi connectivity index (χ0n) is 18.2. The smallest absolute Gasteiger partial charge is 0.290 e. The molecule has 0 saturated carbocycles. The van der Waals surface area contributed by atoms with Crippen LogP contribution in [0.1, 0.15) is 40.0 Å². The summed E-state index contributed by atoms with van der Waals surface area (Å²) in [7, 11) is 0. The van der Waals surface area contributed by atoms with Gasteiger partial charge >= 0.3 is 0 Å². The topological polar surface area (TPSA) is 154 Å². The van der Waals surface area contributed by atoms with E-state index in [0.717, 1.165) is 12.1 Å². The summed E-state index contributed by atoms with van der Waals surface area (Å²) in [5, 5.41) is 9.65. The van der Waals surface area contributed by atoms with Crippen molar-refractivity contribution in [2.75, 3.05) is 12.0 Å². The highest BCUT2D eigenvalue weighted by Gasteiger charge is 2.38. The van der Waals surface area contributed by atoms with E-state index in [2.05, 4.69) is 16.2 Å². The third-order valence-corrected chi connectivity index (χ3v) is 4.95. The molecule has 2 rings (SSSR count). The number of para-hydroxylation sites is 1. The van der Waals surface area contributed by atoms with Gasteiger partial charge in [0.1, 0.15) is 12.1 Å². The Labute approximate surface area is 182 Å². The van der Waals surface area contributed by atoms with Gasteiger partial charge in [0, 0.05) is 6.54 Å². The summed E-state index contributed by atoms with van der Waals surface area (Å²) in [6, 6.07) is 7.34. The quantitative estimate of drug-likeness (QED) is 0.297. The SMILES string of the molecule is CC[C@H](N)C(=O)N[C@H](C(=O)N1CCC[C@H]1C(=O)NNc1ccccc1)C(C)C.O=CO. The van der Waals surface area contributed by atoms with Gasteiger partial charge in [-0.15, -0.1) is 0 Å². The van der Waals surface area contributed by atoms with Crippen LogP contribution in [0.4, 0.5) is 5.69 Å². The van der Waals surface area contributed by atoms with Gasteiger partial charge in [0.25, 0.3) is 12.4 Å². The second kappa shape index (κ2) is 13.2. The summed E-state index contributed by atoms with van der Waals surface area (Å²) >= 11 is 0. The minimum absolute atomic E-state index is 0.118. The standard InChI is InChI=1S/C20H31N5O3.CH2O2/c1-4-15(21)18(26)22-17(13(2)3)20(28)25-12-8-11-16(25)19(27)24-23-14-9-6-5-7-10-14;2-1-3/h5-7,9-10,13,15-17,23H,4,8,11-12,21H2,1-3H3,(H,22,26)(H,24,27);1H,(H,2,3)/t15-,16-,17-;/m0./s1. The molecular formula is C21H33N5O5. The molecule has 6 N–H and O–H groups in total. The van der Waals surface area contributed by atoms with Crippen LogP contribution in [-0.4, -0.2) is 58.9 Å². The Morgan fingerprint density at radius 2 is 1.87 bits per heavy atom. The first-order valence-corrected chi connectivity index (χ1v) is 10.3. The van der Waals surface area contributed by atoms with Crippen LogP contribution in [0.25, 0.3) is 0 Å². The first kappa shape index (κ1) is 25.9. The molecule has 10 nitrogen and oxygen atoms in total. The van der Waals surface area contributed by atoms with Gasteiger partial charge in [-0.05, 0) is 37.3 Å². The van der Waals surface area contributed by atoms with Crippen molar-refractivity contribution >= 4 is 29.9 Å². The zero-order valence-corrected chi connectivity index (χ0v) is 18.2. The molecule has 10 heteroatoms. The summed E-state index contributed by atoms with van der Waals surface area (Å²) < 4.78 is 0. The van der Waals surface area contributed by atoms with E-state index in [1.165, 1.54) is 0 Å². The van der Waals surface area contributed by atoms with E-state index in [9.17, 15) is 14.4 Å². The number of rotatable bonds is 8. The second-order valence-electron chi connectivity index (χ2n) is 7.52. The second-order valence-corrected chi connectivity index (χ2v) is 7.52. The van der Waals surface area contributed by atoms with Crippen molar-refractivity contribution in [3.05, 3.63) is 30.3 Å². The van der Waals surface area contributed by atoms with Crippen LogP contribution in [0.3, 0.4) is 0 Å². The summed E-state index contributed by atoms with van der Waals surface area (Å²) in [4.78, 5) is 47.8. The molecule has 1 aliphatic heterocycles. The summed E-state index contributed by atoms with van der Waals surface area (Å²) in [6.45, 7) is 5.78. The maximum atomic E-state index is 13.1. The van der Waals surface area contributed by atoms with Crippen molar-refractivity contribution in [3.63, 3.8) is 0 Å². The number of amides is 3. The van der Waals surface area contributed by atoms with Gasteiger partial charge in [-0.25, -0.2) is 0 Å². The first-order chi connectivity index (χ1) is 14.8. The van der Waals surface area contributed by atoms with Gasteiger partial charge in [-0.1, -0.05) is 39.0 Å². The molecule has 1 aromatic rings. The van der Waals surface area contributed by atoms with Gasteiger partial charge in [-0.3, -0.25) is 30.0 Å². The molecule has 1 heterocycles. The summed E-state index contributed by atoms with van der Waals surface area (Å²) in [5.41, 5.74) is 12.1. The maximum absolute atomic E-state index is 13.1. The molecule has 31 heavy (non-hydrogen) atoms. The van der Waals surface area contributed by atoms with Crippen molar-refractivity contribution in [2.45, 2.75) is 58.2 Å². The Hall–Kier alpha value is -3.14. The molecule has 0 radical (unpaired) electrons. The molecule has 1 fully saturated rings. The van der Waals surface area contributed by atoms with Gasteiger partial charge < -0.3 is 21.1 Å².